The second-order valence-electron chi connectivity index (χ2n) is 11.2. The van der Waals surface area contributed by atoms with Gasteiger partial charge in [0.15, 0.2) is 20.4 Å². The first-order valence-electron chi connectivity index (χ1n) is 11.9. The molecule has 0 aromatic rings. The molecule has 32 heavy (non-hydrogen) atoms. The van der Waals surface area contributed by atoms with Crippen LogP contribution in [0.2, 0.25) is 18.1 Å². The van der Waals surface area contributed by atoms with Gasteiger partial charge in [-0.1, -0.05) is 20.8 Å². The summed E-state index contributed by atoms with van der Waals surface area (Å²) in [7, 11) is -4.45. The predicted molar refractivity (Wildman–Crippen MR) is 124 cm³/mol. The summed E-state index contributed by atoms with van der Waals surface area (Å²) in [5.74, 6) is -1.27. The Bertz CT molecular complexity index is 677. The summed E-state index contributed by atoms with van der Waals surface area (Å²) >= 11 is 0. The van der Waals surface area contributed by atoms with Crippen molar-refractivity contribution in [1.29, 1.82) is 0 Å². The van der Waals surface area contributed by atoms with Gasteiger partial charge in [-0.05, 0) is 43.3 Å². The third-order valence-corrected chi connectivity index (χ3v) is 13.7. The van der Waals surface area contributed by atoms with Crippen LogP contribution in [0.25, 0.3) is 0 Å². The molecular weight excluding hydrogens is 451 g/mol. The zero-order chi connectivity index (χ0) is 23.8. The normalized spacial score (nSPS) is 37.9. The van der Waals surface area contributed by atoms with Crippen LogP contribution in [0.1, 0.15) is 59.3 Å². The molecule has 0 bridgehead atoms. The first-order valence-corrected chi connectivity index (χ1v) is 16.6. The van der Waals surface area contributed by atoms with Crippen LogP contribution in [0, 0.1) is 11.8 Å². The second-order valence-corrected chi connectivity index (χ2v) is 18.1. The largest absolute Gasteiger partial charge is 0.416 e. The minimum atomic E-state index is -3.70. The molecule has 8 nitrogen and oxygen atoms in total. The molecule has 2 N–H and O–H groups in total. The number of ether oxygens (including phenoxy) is 3. The Morgan fingerprint density at radius 1 is 1.25 bits per heavy atom. The summed E-state index contributed by atoms with van der Waals surface area (Å²) in [5.41, 5.74) is 0. The lowest BCUT2D eigenvalue weighted by atomic mass is 9.89. The summed E-state index contributed by atoms with van der Waals surface area (Å²) in [6.07, 6.45) is 3.66. The van der Waals surface area contributed by atoms with Crippen LogP contribution in [-0.4, -0.2) is 69.1 Å². The maximum Gasteiger partial charge on any atom is 0.328 e. The molecule has 188 valence electrons. The van der Waals surface area contributed by atoms with E-state index in [9.17, 15) is 14.6 Å². The molecule has 3 fully saturated rings. The van der Waals surface area contributed by atoms with Gasteiger partial charge in [-0.2, -0.15) is 0 Å². The van der Waals surface area contributed by atoms with E-state index in [0.29, 0.717) is 19.4 Å². The molecule has 2 heterocycles. The van der Waals surface area contributed by atoms with Crippen LogP contribution in [0.3, 0.4) is 0 Å². The molecule has 0 aromatic heterocycles. The third kappa shape index (κ3) is 6.43. The number of rotatable bonds is 9. The zero-order valence-electron chi connectivity index (χ0n) is 20.5. The van der Waals surface area contributed by atoms with Crippen LogP contribution >= 0.6 is 7.60 Å². The lowest BCUT2D eigenvalue weighted by Gasteiger charge is -2.38. The van der Waals surface area contributed by atoms with E-state index in [1.54, 1.807) is 0 Å². The summed E-state index contributed by atoms with van der Waals surface area (Å²) in [5, 5.41) is 11.1. The van der Waals surface area contributed by atoms with E-state index in [-0.39, 0.29) is 48.0 Å². The Labute approximate surface area is 194 Å². The molecule has 0 amide bonds. The first-order chi connectivity index (χ1) is 14.8. The molecule has 1 aliphatic carbocycles. The molecule has 2 saturated heterocycles. The highest BCUT2D eigenvalue weighted by molar-refractivity contribution is 7.52. The van der Waals surface area contributed by atoms with Crippen molar-refractivity contribution >= 4 is 15.9 Å². The number of fused-ring (bicyclic) bond motifs is 1. The minimum absolute atomic E-state index is 0.0506. The fourth-order valence-corrected chi connectivity index (χ4v) is 6.59. The maximum atomic E-state index is 11.9. The van der Waals surface area contributed by atoms with Gasteiger partial charge < -0.3 is 33.2 Å². The lowest BCUT2D eigenvalue weighted by molar-refractivity contribution is -0.216. The quantitative estimate of drug-likeness (QED) is 0.362. The van der Waals surface area contributed by atoms with Gasteiger partial charge in [-0.3, -0.25) is 4.57 Å². The zero-order valence-corrected chi connectivity index (χ0v) is 22.4. The monoisotopic (exact) mass is 494 g/mol. The van der Waals surface area contributed by atoms with Gasteiger partial charge in [0.2, 0.25) is 0 Å². The van der Waals surface area contributed by atoms with Gasteiger partial charge in [0.25, 0.3) is 0 Å². The van der Waals surface area contributed by atoms with E-state index in [1.807, 2.05) is 0 Å². The van der Waals surface area contributed by atoms with Crippen molar-refractivity contribution in [2.75, 3.05) is 26.5 Å². The molecule has 3 rings (SSSR count). The van der Waals surface area contributed by atoms with Crippen molar-refractivity contribution in [2.45, 2.75) is 102 Å². The SMILES string of the molecule is COP(=O)(O)CCC1(O)C[C@@H]2[C@@H](CO[Si](C)(C)C(C)(C)C)[C@H](OC3CCCCO3)C[C@@H]2O1. The summed E-state index contributed by atoms with van der Waals surface area (Å²) in [6.45, 7) is 12.4. The Morgan fingerprint density at radius 2 is 1.97 bits per heavy atom. The molecular formula is C22H43O8PSi. The average Bonchev–Trinajstić information content (AvgIpc) is 3.18. The topological polar surface area (TPSA) is 104 Å². The van der Waals surface area contributed by atoms with Gasteiger partial charge in [-0.15, -0.1) is 0 Å². The molecule has 2 aliphatic heterocycles. The smallest absolute Gasteiger partial charge is 0.328 e. The number of hydrogen-bond acceptors (Lipinski definition) is 7. The highest BCUT2D eigenvalue weighted by atomic mass is 31.2. The molecule has 0 radical (unpaired) electrons. The Kier molecular flexibility index (Phi) is 8.39. The maximum absolute atomic E-state index is 11.9. The van der Waals surface area contributed by atoms with E-state index >= 15 is 0 Å². The van der Waals surface area contributed by atoms with Gasteiger partial charge in [0.1, 0.15) is 0 Å². The summed E-state index contributed by atoms with van der Waals surface area (Å²) < 4.78 is 41.4. The average molecular weight is 495 g/mol. The van der Waals surface area contributed by atoms with E-state index in [1.165, 1.54) is 7.11 Å². The van der Waals surface area contributed by atoms with Crippen molar-refractivity contribution < 1.29 is 37.7 Å². The molecule has 10 heteroatoms. The van der Waals surface area contributed by atoms with Crippen molar-refractivity contribution in [3.63, 3.8) is 0 Å². The molecule has 0 spiro atoms. The van der Waals surface area contributed by atoms with Crippen LogP contribution < -0.4 is 0 Å². The number of hydrogen-bond donors (Lipinski definition) is 2. The van der Waals surface area contributed by atoms with Gasteiger partial charge >= 0.3 is 7.60 Å². The van der Waals surface area contributed by atoms with Crippen LogP contribution in [-0.2, 0) is 27.7 Å². The molecule has 1 saturated carbocycles. The summed E-state index contributed by atoms with van der Waals surface area (Å²) in [4.78, 5) is 9.74. The van der Waals surface area contributed by atoms with Crippen molar-refractivity contribution in [3.8, 4) is 0 Å². The highest BCUT2D eigenvalue weighted by Gasteiger charge is 2.56. The standard InChI is InChI=1S/C22H43O8PSi/c1-21(2,3)32(5,6)28-15-17-16-14-22(23,10-12-31(24,25)26-4)30-19(16)13-18(17)29-20-9-7-8-11-27-20/h16-20,23H,7-15H2,1-6H3,(H,24,25)/t16-,17-,18-,19+,20?,22?/m1/s1. The second kappa shape index (κ2) is 10.0. The lowest BCUT2D eigenvalue weighted by Crippen LogP contribution is -2.44. The minimum Gasteiger partial charge on any atom is -0.416 e. The van der Waals surface area contributed by atoms with Gasteiger partial charge in [0.05, 0.1) is 18.4 Å². The van der Waals surface area contributed by atoms with Crippen molar-refractivity contribution in [3.05, 3.63) is 0 Å². The fraction of sp³-hybridized carbons (Fsp3) is 1.00. The Balaban J connectivity index is 1.69. The fourth-order valence-electron chi connectivity index (χ4n) is 4.74. The Morgan fingerprint density at radius 3 is 2.56 bits per heavy atom. The number of aliphatic hydroxyl groups is 1. The van der Waals surface area contributed by atoms with E-state index in [4.69, 9.17) is 18.6 Å². The highest BCUT2D eigenvalue weighted by Crippen LogP contribution is 2.52. The molecule has 0 aromatic carbocycles. The predicted octanol–water partition coefficient (Wildman–Crippen LogP) is 4.26. The van der Waals surface area contributed by atoms with Crippen LogP contribution in [0.5, 0.6) is 0 Å². The molecule has 7 atom stereocenters. The van der Waals surface area contributed by atoms with Crippen molar-refractivity contribution in [1.82, 2.24) is 0 Å². The van der Waals surface area contributed by atoms with Crippen LogP contribution in [0.15, 0.2) is 0 Å². The third-order valence-electron chi connectivity index (χ3n) is 7.87. The summed E-state index contributed by atoms with van der Waals surface area (Å²) in [6, 6.07) is 0. The van der Waals surface area contributed by atoms with Gasteiger partial charge in [0, 0.05) is 45.5 Å². The van der Waals surface area contributed by atoms with E-state index < -0.39 is 21.7 Å². The first kappa shape index (κ1) is 26.8. The van der Waals surface area contributed by atoms with Crippen molar-refractivity contribution in [2.24, 2.45) is 11.8 Å². The molecule has 3 aliphatic rings. The van der Waals surface area contributed by atoms with E-state index in [0.717, 1.165) is 25.9 Å². The van der Waals surface area contributed by atoms with Gasteiger partial charge in [-0.25, -0.2) is 0 Å². The molecule has 3 unspecified atom stereocenters. The van der Waals surface area contributed by atoms with E-state index in [2.05, 4.69) is 38.4 Å². The Hall–Kier alpha value is 0.167. The van der Waals surface area contributed by atoms with Crippen LogP contribution in [0.4, 0.5) is 0 Å².